The van der Waals surface area contributed by atoms with Gasteiger partial charge in [-0.3, -0.25) is 19.7 Å². The van der Waals surface area contributed by atoms with E-state index in [2.05, 4.69) is 28.0 Å². The number of pyridine rings is 1. The van der Waals surface area contributed by atoms with E-state index in [0.717, 1.165) is 46.1 Å². The van der Waals surface area contributed by atoms with E-state index in [-0.39, 0.29) is 18.2 Å². The summed E-state index contributed by atoms with van der Waals surface area (Å²) < 4.78 is 1.75. The zero-order valence-electron chi connectivity index (χ0n) is 18.9. The van der Waals surface area contributed by atoms with E-state index >= 15 is 0 Å². The molecule has 34 heavy (non-hydrogen) atoms. The van der Waals surface area contributed by atoms with Crippen LogP contribution in [0, 0.1) is 0 Å². The van der Waals surface area contributed by atoms with Crippen molar-refractivity contribution in [1.82, 2.24) is 25.5 Å². The van der Waals surface area contributed by atoms with Crippen molar-refractivity contribution in [1.29, 1.82) is 0 Å². The van der Waals surface area contributed by atoms with Gasteiger partial charge in [0, 0.05) is 36.2 Å². The summed E-state index contributed by atoms with van der Waals surface area (Å²) >= 11 is 0. The Hall–Kier alpha value is -4.04. The van der Waals surface area contributed by atoms with Crippen LogP contribution in [-0.2, 0) is 23.8 Å². The molecule has 1 aliphatic carbocycles. The van der Waals surface area contributed by atoms with Crippen LogP contribution in [0.25, 0.3) is 22.2 Å². The van der Waals surface area contributed by atoms with E-state index in [0.29, 0.717) is 12.0 Å². The Kier molecular flexibility index (Phi) is 5.59. The number of carbonyl (C=O) groups excluding carboxylic acids is 2. The number of nitrogens with one attached hydrogen (secondary N) is 2. The van der Waals surface area contributed by atoms with Crippen LogP contribution in [0.15, 0.2) is 67.0 Å². The monoisotopic (exact) mass is 454 g/mol. The lowest BCUT2D eigenvalue weighted by atomic mass is 9.96. The molecule has 2 aromatic heterocycles. The summed E-state index contributed by atoms with van der Waals surface area (Å²) in [4.78, 5) is 29.9. The molecule has 0 aliphatic heterocycles. The Labute approximate surface area is 197 Å². The normalized spacial score (nSPS) is 14.1. The number of hydrazine groups is 1. The van der Waals surface area contributed by atoms with E-state index in [1.165, 1.54) is 0 Å². The first kappa shape index (κ1) is 21.8. The van der Waals surface area contributed by atoms with Crippen LogP contribution >= 0.6 is 0 Å². The first-order chi connectivity index (χ1) is 16.5. The van der Waals surface area contributed by atoms with Gasteiger partial charge in [0.05, 0.1) is 22.9 Å². The molecule has 2 aromatic carbocycles. The van der Waals surface area contributed by atoms with Gasteiger partial charge in [-0.1, -0.05) is 36.4 Å². The first-order valence-corrected chi connectivity index (χ1v) is 11.3. The molecule has 1 saturated carbocycles. The molecule has 0 saturated heterocycles. The van der Waals surface area contributed by atoms with E-state index < -0.39 is 5.54 Å². The van der Waals surface area contributed by atoms with E-state index in [1.807, 2.05) is 49.6 Å². The summed E-state index contributed by atoms with van der Waals surface area (Å²) in [6, 6.07) is 17.5. The van der Waals surface area contributed by atoms with Crippen LogP contribution in [0.3, 0.4) is 0 Å². The van der Waals surface area contributed by atoms with Crippen LogP contribution in [0.4, 0.5) is 0 Å². The molecule has 8 nitrogen and oxygen atoms in total. The predicted molar refractivity (Wildman–Crippen MR) is 129 cm³/mol. The Bertz CT molecular complexity index is 1390. The number of rotatable bonds is 7. The molecule has 0 bridgehead atoms. The quantitative estimate of drug-likeness (QED) is 0.226. The zero-order valence-corrected chi connectivity index (χ0v) is 18.9. The fourth-order valence-electron chi connectivity index (χ4n) is 4.42. The zero-order chi connectivity index (χ0) is 23.7. The molecular weight excluding hydrogens is 428 g/mol. The second kappa shape index (κ2) is 8.72. The maximum atomic E-state index is 13.4. The second-order valence-electron chi connectivity index (χ2n) is 8.74. The summed E-state index contributed by atoms with van der Waals surface area (Å²) in [6.07, 6.45) is 6.08. The topological polar surface area (TPSA) is 115 Å². The fraction of sp³-hybridized carbons (Fsp3) is 0.231. The minimum absolute atomic E-state index is 0.148. The minimum Gasteiger partial charge on any atom is -0.342 e. The average molecular weight is 455 g/mol. The van der Waals surface area contributed by atoms with Gasteiger partial charge in [0.15, 0.2) is 0 Å². The van der Waals surface area contributed by atoms with Gasteiger partial charge in [-0.2, -0.15) is 5.10 Å². The summed E-state index contributed by atoms with van der Waals surface area (Å²) in [5, 5.41) is 8.62. The molecular formula is C26H26N6O2. The van der Waals surface area contributed by atoms with Crippen LogP contribution in [0.5, 0.6) is 0 Å². The molecule has 2 heterocycles. The number of hydrogen-bond acceptors (Lipinski definition) is 5. The lowest BCUT2D eigenvalue weighted by Crippen LogP contribution is -2.36. The van der Waals surface area contributed by atoms with Gasteiger partial charge in [-0.15, -0.1) is 0 Å². The molecule has 0 radical (unpaired) electrons. The van der Waals surface area contributed by atoms with Gasteiger partial charge in [0.2, 0.25) is 5.91 Å². The number of carbonyl (C=O) groups is 2. The number of benzene rings is 2. The number of para-hydroxylation sites is 1. The summed E-state index contributed by atoms with van der Waals surface area (Å²) in [5.41, 5.74) is 6.77. The molecule has 4 aromatic rings. The van der Waals surface area contributed by atoms with Gasteiger partial charge < -0.3 is 5.32 Å². The van der Waals surface area contributed by atoms with Crippen molar-refractivity contribution in [2.75, 3.05) is 0 Å². The Balaban J connectivity index is 1.49. The van der Waals surface area contributed by atoms with Gasteiger partial charge in [-0.05, 0) is 48.6 Å². The van der Waals surface area contributed by atoms with Gasteiger partial charge >= 0.3 is 0 Å². The lowest BCUT2D eigenvalue weighted by molar-refractivity contribution is -0.121. The standard InChI is InChI=1S/C26H26N6O2/c1-32-16-18(15-28-32)23-14-21(20-8-4-5-9-22(20)29-23)26(12-13-26)30-25(34)19-7-3-2-6-17(19)10-11-24(33)31-27/h2-9,14-16H,10-13,27H2,1H3,(H,30,34)(H,31,33). The van der Waals surface area contributed by atoms with Crippen molar-refractivity contribution in [3.63, 3.8) is 0 Å². The van der Waals surface area contributed by atoms with E-state index in [4.69, 9.17) is 10.8 Å². The van der Waals surface area contributed by atoms with Crippen molar-refractivity contribution in [3.05, 3.63) is 83.7 Å². The molecule has 0 atom stereocenters. The number of hydrogen-bond donors (Lipinski definition) is 3. The highest BCUT2D eigenvalue weighted by atomic mass is 16.2. The van der Waals surface area contributed by atoms with Crippen LogP contribution in [0.2, 0.25) is 0 Å². The smallest absolute Gasteiger partial charge is 0.252 e. The number of aromatic nitrogens is 3. The molecule has 0 unspecified atom stereocenters. The molecule has 8 heteroatoms. The van der Waals surface area contributed by atoms with Crippen molar-refractivity contribution in [2.45, 2.75) is 31.2 Å². The molecule has 0 spiro atoms. The van der Waals surface area contributed by atoms with Crippen LogP contribution < -0.4 is 16.6 Å². The summed E-state index contributed by atoms with van der Waals surface area (Å²) in [6.45, 7) is 0. The second-order valence-corrected chi connectivity index (χ2v) is 8.74. The SMILES string of the molecule is Cn1cc(-c2cc(C3(NC(=O)c4ccccc4CCC(=O)NN)CC3)c3ccccc3n2)cn1. The predicted octanol–water partition coefficient (Wildman–Crippen LogP) is 2.98. The minimum atomic E-state index is -0.460. The third-order valence-electron chi connectivity index (χ3n) is 6.38. The third-order valence-corrected chi connectivity index (χ3v) is 6.38. The van der Waals surface area contributed by atoms with Gasteiger partial charge in [0.25, 0.3) is 5.91 Å². The average Bonchev–Trinajstić information content (AvgIpc) is 3.51. The van der Waals surface area contributed by atoms with Crippen molar-refractivity contribution in [3.8, 4) is 11.3 Å². The maximum absolute atomic E-state index is 13.4. The highest BCUT2D eigenvalue weighted by Gasteiger charge is 2.47. The Morgan fingerprint density at radius 2 is 1.88 bits per heavy atom. The van der Waals surface area contributed by atoms with Crippen LogP contribution in [-0.4, -0.2) is 26.6 Å². The van der Waals surface area contributed by atoms with Crippen molar-refractivity contribution >= 4 is 22.7 Å². The van der Waals surface area contributed by atoms with Crippen molar-refractivity contribution < 1.29 is 9.59 Å². The number of aryl methyl sites for hydroxylation is 2. The maximum Gasteiger partial charge on any atom is 0.252 e. The molecule has 1 aliphatic rings. The fourth-order valence-corrected chi connectivity index (χ4v) is 4.42. The number of nitrogens with zero attached hydrogens (tertiary/aromatic N) is 3. The molecule has 5 rings (SSSR count). The van der Waals surface area contributed by atoms with E-state index in [9.17, 15) is 9.59 Å². The van der Waals surface area contributed by atoms with Gasteiger partial charge in [0.1, 0.15) is 0 Å². The first-order valence-electron chi connectivity index (χ1n) is 11.3. The number of nitrogens with two attached hydrogens (primary N) is 1. The number of fused-ring (bicyclic) bond motifs is 1. The third kappa shape index (κ3) is 4.15. The summed E-state index contributed by atoms with van der Waals surface area (Å²) in [5.74, 6) is 4.79. The Morgan fingerprint density at radius 1 is 1.12 bits per heavy atom. The number of amides is 2. The highest BCUT2D eigenvalue weighted by molar-refractivity contribution is 5.97. The Morgan fingerprint density at radius 3 is 2.62 bits per heavy atom. The van der Waals surface area contributed by atoms with Crippen molar-refractivity contribution in [2.24, 2.45) is 12.9 Å². The van der Waals surface area contributed by atoms with Crippen LogP contribution in [0.1, 0.15) is 40.7 Å². The highest BCUT2D eigenvalue weighted by Crippen LogP contribution is 2.48. The molecule has 1 fully saturated rings. The molecule has 4 N–H and O–H groups in total. The van der Waals surface area contributed by atoms with Gasteiger partial charge in [-0.25, -0.2) is 10.8 Å². The molecule has 2 amide bonds. The largest absolute Gasteiger partial charge is 0.342 e. The van der Waals surface area contributed by atoms with E-state index in [1.54, 1.807) is 16.9 Å². The molecule has 172 valence electrons. The lowest BCUT2D eigenvalue weighted by Gasteiger charge is -2.22. The summed E-state index contributed by atoms with van der Waals surface area (Å²) in [7, 11) is 1.88.